The molecular weight excluding hydrogens is 328 g/mol. The van der Waals surface area contributed by atoms with E-state index in [-0.39, 0.29) is 12.3 Å². The lowest BCUT2D eigenvalue weighted by Crippen LogP contribution is -2.33. The van der Waals surface area contributed by atoms with Gasteiger partial charge in [0, 0.05) is 12.0 Å². The SMILES string of the molecule is COc1ccc(C2=NN3[C@H](C2)c2ccccc2O[C@@H]3c2ccco2)cc1. The minimum absolute atomic E-state index is 0.132. The fraction of sp³-hybridized carbons (Fsp3) is 0.190. The smallest absolute Gasteiger partial charge is 0.246 e. The van der Waals surface area contributed by atoms with Crippen molar-refractivity contribution in [1.82, 2.24) is 5.01 Å². The number of benzene rings is 2. The molecule has 130 valence electrons. The molecule has 2 atom stereocenters. The van der Waals surface area contributed by atoms with Gasteiger partial charge in [-0.05, 0) is 48.0 Å². The molecule has 2 aromatic carbocycles. The van der Waals surface area contributed by atoms with E-state index in [4.69, 9.17) is 19.0 Å². The van der Waals surface area contributed by atoms with Crippen molar-refractivity contribution in [2.24, 2.45) is 5.10 Å². The first-order valence-corrected chi connectivity index (χ1v) is 8.63. The first-order valence-electron chi connectivity index (χ1n) is 8.63. The molecule has 0 spiro atoms. The Kier molecular flexibility index (Phi) is 3.45. The molecule has 0 fully saturated rings. The largest absolute Gasteiger partial charge is 0.497 e. The van der Waals surface area contributed by atoms with E-state index in [1.54, 1.807) is 13.4 Å². The predicted octanol–water partition coefficient (Wildman–Crippen LogP) is 4.53. The van der Waals surface area contributed by atoms with E-state index >= 15 is 0 Å². The van der Waals surface area contributed by atoms with Gasteiger partial charge in [-0.25, -0.2) is 5.01 Å². The summed E-state index contributed by atoms with van der Waals surface area (Å²) < 4.78 is 17.1. The molecule has 2 aliphatic heterocycles. The summed E-state index contributed by atoms with van der Waals surface area (Å²) in [6.07, 6.45) is 2.13. The number of para-hydroxylation sites is 1. The van der Waals surface area contributed by atoms with Crippen molar-refractivity contribution in [1.29, 1.82) is 0 Å². The summed E-state index contributed by atoms with van der Waals surface area (Å²) in [6.45, 7) is 0. The Morgan fingerprint density at radius 3 is 2.65 bits per heavy atom. The summed E-state index contributed by atoms with van der Waals surface area (Å²) in [6, 6.07) is 20.1. The molecule has 0 bridgehead atoms. The van der Waals surface area contributed by atoms with Crippen molar-refractivity contribution in [3.63, 3.8) is 0 Å². The molecule has 0 saturated carbocycles. The van der Waals surface area contributed by atoms with Crippen LogP contribution in [0.2, 0.25) is 0 Å². The average molecular weight is 346 g/mol. The van der Waals surface area contributed by atoms with Crippen molar-refractivity contribution in [2.75, 3.05) is 7.11 Å². The van der Waals surface area contributed by atoms with Crippen LogP contribution >= 0.6 is 0 Å². The summed E-state index contributed by atoms with van der Waals surface area (Å²) in [4.78, 5) is 0. The zero-order valence-corrected chi connectivity index (χ0v) is 14.3. The molecule has 26 heavy (non-hydrogen) atoms. The van der Waals surface area contributed by atoms with E-state index in [1.165, 1.54) is 0 Å². The highest BCUT2D eigenvalue weighted by Gasteiger charge is 2.41. The number of ether oxygens (including phenoxy) is 2. The molecule has 0 amide bonds. The number of hydrogen-bond donors (Lipinski definition) is 0. The molecule has 5 heteroatoms. The second kappa shape index (κ2) is 5.95. The van der Waals surface area contributed by atoms with Crippen molar-refractivity contribution < 1.29 is 13.9 Å². The number of rotatable bonds is 3. The van der Waals surface area contributed by atoms with Gasteiger partial charge in [-0.2, -0.15) is 5.10 Å². The maximum Gasteiger partial charge on any atom is 0.246 e. The number of methoxy groups -OCH3 is 1. The van der Waals surface area contributed by atoms with Crippen LogP contribution in [0.5, 0.6) is 11.5 Å². The molecule has 3 heterocycles. The molecule has 0 saturated heterocycles. The quantitative estimate of drug-likeness (QED) is 0.699. The summed E-state index contributed by atoms with van der Waals surface area (Å²) in [7, 11) is 1.67. The van der Waals surface area contributed by atoms with Crippen LogP contribution < -0.4 is 9.47 Å². The normalized spacial score (nSPS) is 20.8. The Hall–Kier alpha value is -3.21. The number of hydrazone groups is 1. The molecule has 0 unspecified atom stereocenters. The summed E-state index contributed by atoms with van der Waals surface area (Å²) in [5, 5.41) is 6.91. The number of furan rings is 1. The van der Waals surface area contributed by atoms with Crippen LogP contribution in [0.4, 0.5) is 0 Å². The van der Waals surface area contributed by atoms with Gasteiger partial charge in [0.25, 0.3) is 0 Å². The third kappa shape index (κ3) is 2.36. The van der Waals surface area contributed by atoms with Gasteiger partial charge in [-0.15, -0.1) is 0 Å². The van der Waals surface area contributed by atoms with Gasteiger partial charge in [0.15, 0.2) is 5.76 Å². The second-order valence-corrected chi connectivity index (χ2v) is 6.40. The van der Waals surface area contributed by atoms with Gasteiger partial charge in [-0.3, -0.25) is 0 Å². The van der Waals surface area contributed by atoms with Gasteiger partial charge < -0.3 is 13.9 Å². The second-order valence-electron chi connectivity index (χ2n) is 6.40. The average Bonchev–Trinajstić information content (AvgIpc) is 3.37. The molecule has 0 radical (unpaired) electrons. The third-order valence-electron chi connectivity index (χ3n) is 4.91. The zero-order chi connectivity index (χ0) is 17.5. The molecule has 5 nitrogen and oxygen atoms in total. The molecule has 5 rings (SSSR count). The Bertz CT molecular complexity index is 948. The minimum Gasteiger partial charge on any atom is -0.497 e. The standard InChI is InChI=1S/C21H18N2O3/c1-24-15-10-8-14(9-11-15)17-13-18-16-5-2-3-6-19(16)26-21(23(18)22-17)20-7-4-12-25-20/h2-12,18,21H,13H2,1H3/t18-,21-/m1/s1. The molecule has 3 aromatic rings. The van der Waals surface area contributed by atoms with Gasteiger partial charge >= 0.3 is 0 Å². The van der Waals surface area contributed by atoms with Gasteiger partial charge in [0.1, 0.15) is 11.5 Å². The van der Waals surface area contributed by atoms with Gasteiger partial charge in [0.05, 0.1) is 25.1 Å². The van der Waals surface area contributed by atoms with E-state index in [1.807, 2.05) is 59.6 Å². The molecule has 0 aliphatic carbocycles. The Labute approximate surface area is 151 Å². The lowest BCUT2D eigenvalue weighted by atomic mass is 9.96. The highest BCUT2D eigenvalue weighted by Crippen LogP contribution is 2.47. The van der Waals surface area contributed by atoms with Gasteiger partial charge in [-0.1, -0.05) is 18.2 Å². The lowest BCUT2D eigenvalue weighted by molar-refractivity contribution is -0.0325. The fourth-order valence-corrected chi connectivity index (χ4v) is 3.61. The maximum atomic E-state index is 6.22. The molecule has 0 N–H and O–H groups in total. The van der Waals surface area contributed by atoms with Crippen LogP contribution in [0.25, 0.3) is 0 Å². The van der Waals surface area contributed by atoms with Gasteiger partial charge in [0.2, 0.25) is 6.23 Å². The van der Waals surface area contributed by atoms with Crippen molar-refractivity contribution >= 4 is 5.71 Å². The number of nitrogens with zero attached hydrogens (tertiary/aromatic N) is 2. The van der Waals surface area contributed by atoms with Crippen LogP contribution in [0.3, 0.4) is 0 Å². The molecule has 1 aromatic heterocycles. The monoisotopic (exact) mass is 346 g/mol. The van der Waals surface area contributed by atoms with E-state index in [0.29, 0.717) is 0 Å². The van der Waals surface area contributed by atoms with E-state index < -0.39 is 0 Å². The summed E-state index contributed by atoms with van der Waals surface area (Å²) in [5.41, 5.74) is 3.29. The van der Waals surface area contributed by atoms with Crippen LogP contribution in [-0.2, 0) is 0 Å². The van der Waals surface area contributed by atoms with Crippen molar-refractivity contribution in [3.8, 4) is 11.5 Å². The minimum atomic E-state index is -0.361. The summed E-state index contributed by atoms with van der Waals surface area (Å²) in [5.74, 6) is 2.48. The fourth-order valence-electron chi connectivity index (χ4n) is 3.61. The van der Waals surface area contributed by atoms with Crippen molar-refractivity contribution in [2.45, 2.75) is 18.7 Å². The first kappa shape index (κ1) is 15.1. The van der Waals surface area contributed by atoms with E-state index in [9.17, 15) is 0 Å². The number of hydrogen-bond acceptors (Lipinski definition) is 5. The topological polar surface area (TPSA) is 47.2 Å². The maximum absolute atomic E-state index is 6.22. The zero-order valence-electron chi connectivity index (χ0n) is 14.3. The van der Waals surface area contributed by atoms with Crippen molar-refractivity contribution in [3.05, 3.63) is 83.8 Å². The van der Waals surface area contributed by atoms with Crippen LogP contribution in [0.1, 0.15) is 35.6 Å². The molecular formula is C21H18N2O3. The third-order valence-corrected chi connectivity index (χ3v) is 4.91. The summed E-state index contributed by atoms with van der Waals surface area (Å²) >= 11 is 0. The highest BCUT2D eigenvalue weighted by atomic mass is 16.5. The van der Waals surface area contributed by atoms with Crippen LogP contribution in [0, 0.1) is 0 Å². The Balaban J connectivity index is 1.56. The Morgan fingerprint density at radius 2 is 1.88 bits per heavy atom. The van der Waals surface area contributed by atoms with E-state index in [0.717, 1.165) is 40.5 Å². The molecule has 2 aliphatic rings. The van der Waals surface area contributed by atoms with Crippen LogP contribution in [0.15, 0.2) is 76.4 Å². The number of fused-ring (bicyclic) bond motifs is 3. The highest BCUT2D eigenvalue weighted by molar-refractivity contribution is 6.02. The van der Waals surface area contributed by atoms with E-state index in [2.05, 4.69) is 6.07 Å². The van der Waals surface area contributed by atoms with Crippen LogP contribution in [-0.4, -0.2) is 17.8 Å². The lowest BCUT2D eigenvalue weighted by Gasteiger charge is -2.36. The Morgan fingerprint density at radius 1 is 1.04 bits per heavy atom. The predicted molar refractivity (Wildman–Crippen MR) is 97.2 cm³/mol. The first-order chi connectivity index (χ1) is 12.8.